The Bertz CT molecular complexity index is 1250. The molecule has 35 heavy (non-hydrogen) atoms. The van der Waals surface area contributed by atoms with Gasteiger partial charge in [0.1, 0.15) is 28.8 Å². The molecule has 0 aliphatic carbocycles. The highest BCUT2D eigenvalue weighted by Gasteiger charge is 2.28. The maximum absolute atomic E-state index is 12.6. The van der Waals surface area contributed by atoms with E-state index in [1.807, 2.05) is 49.5 Å². The zero-order valence-corrected chi connectivity index (χ0v) is 20.8. The second-order valence-electron chi connectivity index (χ2n) is 8.52. The molecule has 0 radical (unpaired) electrons. The van der Waals surface area contributed by atoms with E-state index in [-0.39, 0.29) is 5.78 Å². The lowest BCUT2D eigenvalue weighted by Gasteiger charge is -2.36. The van der Waals surface area contributed by atoms with Crippen LogP contribution in [-0.4, -0.2) is 46.8 Å². The number of rotatable bonds is 8. The maximum atomic E-state index is 12.6. The highest BCUT2D eigenvalue weighted by molar-refractivity contribution is 8.00. The Morgan fingerprint density at radius 3 is 2.37 bits per heavy atom. The standard InChI is InChI=1S/C27H28N6OS/c1-3-22-23(16-28)26(33-14-12-32(13-15-33)18-21-10-7-11-30-21)31-27(24(22)17-29)35-25(19(2)34)20-8-5-4-6-9-20/h4-11,25,30H,3,12-15,18H2,1-2H3. The first kappa shape index (κ1) is 24.5. The third kappa shape index (κ3) is 5.40. The van der Waals surface area contributed by atoms with Crippen LogP contribution >= 0.6 is 11.8 Å². The molecule has 0 spiro atoms. The number of pyridine rings is 1. The maximum Gasteiger partial charge on any atom is 0.148 e. The number of benzene rings is 1. The molecule has 178 valence electrons. The fourth-order valence-corrected chi connectivity index (χ4v) is 5.56. The normalized spacial score (nSPS) is 14.8. The van der Waals surface area contributed by atoms with Gasteiger partial charge < -0.3 is 9.88 Å². The minimum atomic E-state index is -0.473. The fraction of sp³-hybridized carbons (Fsp3) is 0.333. The van der Waals surface area contributed by atoms with Crippen molar-refractivity contribution in [1.82, 2.24) is 14.9 Å². The Labute approximate surface area is 210 Å². The molecule has 1 aliphatic heterocycles. The number of aromatic amines is 1. The minimum absolute atomic E-state index is 0.00576. The average Bonchev–Trinajstić information content (AvgIpc) is 3.40. The van der Waals surface area contributed by atoms with Crippen molar-refractivity contribution in [2.24, 2.45) is 0 Å². The van der Waals surface area contributed by atoms with Gasteiger partial charge in [0.15, 0.2) is 0 Å². The molecule has 4 rings (SSSR count). The summed E-state index contributed by atoms with van der Waals surface area (Å²) in [5, 5.41) is 20.1. The molecule has 1 aliphatic rings. The van der Waals surface area contributed by atoms with E-state index in [9.17, 15) is 15.3 Å². The van der Waals surface area contributed by atoms with Crippen molar-refractivity contribution in [1.29, 1.82) is 10.5 Å². The first-order chi connectivity index (χ1) is 17.0. The number of piperazine rings is 1. The summed E-state index contributed by atoms with van der Waals surface area (Å²) >= 11 is 1.30. The molecular weight excluding hydrogens is 456 g/mol. The largest absolute Gasteiger partial charge is 0.364 e. The van der Waals surface area contributed by atoms with Gasteiger partial charge in [-0.15, -0.1) is 0 Å². The van der Waals surface area contributed by atoms with Gasteiger partial charge >= 0.3 is 0 Å². The third-order valence-corrected chi connectivity index (χ3v) is 7.61. The Kier molecular flexibility index (Phi) is 7.87. The summed E-state index contributed by atoms with van der Waals surface area (Å²) < 4.78 is 0. The summed E-state index contributed by atoms with van der Waals surface area (Å²) in [6.45, 7) is 7.51. The predicted molar refractivity (Wildman–Crippen MR) is 137 cm³/mol. The molecule has 0 saturated carbocycles. The molecular formula is C27H28N6OS. The van der Waals surface area contributed by atoms with E-state index in [2.05, 4.69) is 33.0 Å². The molecule has 1 N–H and O–H groups in total. The highest BCUT2D eigenvalue weighted by atomic mass is 32.2. The Morgan fingerprint density at radius 1 is 1.09 bits per heavy atom. The number of ketones is 1. The summed E-state index contributed by atoms with van der Waals surface area (Å²) in [7, 11) is 0. The van der Waals surface area contributed by atoms with Crippen LogP contribution < -0.4 is 4.90 Å². The Morgan fingerprint density at radius 2 is 1.80 bits per heavy atom. The van der Waals surface area contributed by atoms with Gasteiger partial charge in [-0.05, 0) is 36.6 Å². The van der Waals surface area contributed by atoms with Crippen molar-refractivity contribution in [3.63, 3.8) is 0 Å². The Hall–Kier alpha value is -3.59. The van der Waals surface area contributed by atoms with Crippen LogP contribution in [0.3, 0.4) is 0 Å². The lowest BCUT2D eigenvalue weighted by molar-refractivity contribution is -0.116. The monoisotopic (exact) mass is 484 g/mol. The van der Waals surface area contributed by atoms with E-state index in [4.69, 9.17) is 4.98 Å². The number of nitrogens with zero attached hydrogens (tertiary/aromatic N) is 5. The number of carbonyl (C=O) groups excluding carboxylic acids is 1. The molecule has 8 heteroatoms. The van der Waals surface area contributed by atoms with E-state index in [0.29, 0.717) is 34.0 Å². The fourth-order valence-electron chi connectivity index (χ4n) is 4.45. The van der Waals surface area contributed by atoms with Gasteiger partial charge in [0.25, 0.3) is 0 Å². The van der Waals surface area contributed by atoms with Crippen LogP contribution in [-0.2, 0) is 17.8 Å². The third-order valence-electron chi connectivity index (χ3n) is 6.25. The van der Waals surface area contributed by atoms with Crippen molar-refractivity contribution in [2.75, 3.05) is 31.1 Å². The van der Waals surface area contributed by atoms with Crippen molar-refractivity contribution in [2.45, 2.75) is 37.1 Å². The molecule has 1 aromatic carbocycles. The smallest absolute Gasteiger partial charge is 0.148 e. The summed E-state index contributed by atoms with van der Waals surface area (Å²) in [6, 6.07) is 18.2. The Balaban J connectivity index is 1.66. The molecule has 1 fully saturated rings. The first-order valence-corrected chi connectivity index (χ1v) is 12.6. The average molecular weight is 485 g/mol. The van der Waals surface area contributed by atoms with Gasteiger partial charge in [-0.25, -0.2) is 4.98 Å². The summed E-state index contributed by atoms with van der Waals surface area (Å²) in [4.78, 5) is 25.2. The number of thioether (sulfide) groups is 1. The van der Waals surface area contributed by atoms with Crippen molar-refractivity contribution in [3.05, 3.63) is 76.6 Å². The van der Waals surface area contributed by atoms with E-state index in [1.165, 1.54) is 17.5 Å². The number of hydrogen-bond donors (Lipinski definition) is 1. The summed E-state index contributed by atoms with van der Waals surface area (Å²) in [5.41, 5.74) is 3.61. The van der Waals surface area contributed by atoms with Gasteiger partial charge in [0, 0.05) is 44.6 Å². The topological polar surface area (TPSA) is 99.8 Å². The SMILES string of the molecule is CCc1c(C#N)c(SC(C(C)=O)c2ccccc2)nc(N2CCN(Cc3ccc[nH]3)CC2)c1C#N. The molecule has 1 atom stereocenters. The number of anilines is 1. The quantitative estimate of drug-likeness (QED) is 0.471. The van der Waals surface area contributed by atoms with Gasteiger partial charge in [-0.2, -0.15) is 10.5 Å². The molecule has 7 nitrogen and oxygen atoms in total. The number of Topliss-reactive ketones (excluding diaryl/α,β-unsaturated/α-hetero) is 1. The molecule has 3 heterocycles. The molecule has 0 amide bonds. The zero-order valence-electron chi connectivity index (χ0n) is 20.0. The predicted octanol–water partition coefficient (Wildman–Crippen LogP) is 4.46. The second kappa shape index (κ2) is 11.2. The summed E-state index contributed by atoms with van der Waals surface area (Å²) in [6.07, 6.45) is 2.47. The number of aromatic nitrogens is 2. The van der Waals surface area contributed by atoms with Gasteiger partial charge in [-0.1, -0.05) is 49.0 Å². The van der Waals surface area contributed by atoms with Crippen LogP contribution in [0.25, 0.3) is 0 Å². The van der Waals surface area contributed by atoms with Crippen LogP contribution in [0.15, 0.2) is 53.7 Å². The first-order valence-electron chi connectivity index (χ1n) is 11.7. The number of hydrogen-bond acceptors (Lipinski definition) is 7. The van der Waals surface area contributed by atoms with E-state index in [0.717, 1.165) is 38.3 Å². The van der Waals surface area contributed by atoms with Gasteiger partial charge in [0.05, 0.1) is 16.4 Å². The van der Waals surface area contributed by atoms with Crippen molar-refractivity contribution < 1.29 is 4.79 Å². The second-order valence-corrected chi connectivity index (χ2v) is 9.62. The molecule has 1 unspecified atom stereocenters. The molecule has 2 aromatic heterocycles. The lowest BCUT2D eigenvalue weighted by Crippen LogP contribution is -2.46. The van der Waals surface area contributed by atoms with Crippen LogP contribution in [0.4, 0.5) is 5.82 Å². The minimum Gasteiger partial charge on any atom is -0.364 e. The number of nitrogens with one attached hydrogen (secondary N) is 1. The van der Waals surface area contributed by atoms with Crippen LogP contribution in [0.2, 0.25) is 0 Å². The highest BCUT2D eigenvalue weighted by Crippen LogP contribution is 2.40. The summed E-state index contributed by atoms with van der Waals surface area (Å²) in [5.74, 6) is 0.606. The van der Waals surface area contributed by atoms with E-state index in [1.54, 1.807) is 6.92 Å². The van der Waals surface area contributed by atoms with Gasteiger partial charge in [-0.3, -0.25) is 9.69 Å². The van der Waals surface area contributed by atoms with Crippen LogP contribution in [0.5, 0.6) is 0 Å². The number of carbonyl (C=O) groups is 1. The van der Waals surface area contributed by atoms with Crippen LogP contribution in [0, 0.1) is 22.7 Å². The van der Waals surface area contributed by atoms with E-state index < -0.39 is 5.25 Å². The molecule has 3 aromatic rings. The molecule has 0 bridgehead atoms. The zero-order chi connectivity index (χ0) is 24.8. The molecule has 1 saturated heterocycles. The van der Waals surface area contributed by atoms with Crippen molar-refractivity contribution in [3.8, 4) is 12.1 Å². The number of nitriles is 2. The van der Waals surface area contributed by atoms with Gasteiger partial charge in [0.2, 0.25) is 0 Å². The number of H-pyrrole nitrogens is 1. The van der Waals surface area contributed by atoms with E-state index >= 15 is 0 Å². The van der Waals surface area contributed by atoms with Crippen molar-refractivity contribution >= 4 is 23.4 Å². The van der Waals surface area contributed by atoms with Crippen LogP contribution in [0.1, 0.15) is 47.0 Å². The lowest BCUT2D eigenvalue weighted by atomic mass is 10.0.